The quantitative estimate of drug-likeness (QED) is 0.427. The fraction of sp³-hybridized carbons (Fsp3) is 0.526. The van der Waals surface area contributed by atoms with Gasteiger partial charge in [-0.2, -0.15) is 0 Å². The number of hydrogen-bond donors (Lipinski definition) is 0. The molecule has 1 rings (SSSR count). The van der Waals surface area contributed by atoms with Crippen molar-refractivity contribution >= 4 is 17.9 Å². The van der Waals surface area contributed by atoms with Crippen molar-refractivity contribution in [3.8, 4) is 0 Å². The highest BCUT2D eigenvalue weighted by atomic mass is 16.6. The Balaban J connectivity index is 3.09. The highest BCUT2D eigenvalue weighted by Crippen LogP contribution is 2.25. The minimum atomic E-state index is -1.19. The Labute approximate surface area is 148 Å². The second kappa shape index (κ2) is 9.20. The summed E-state index contributed by atoms with van der Waals surface area (Å²) >= 11 is 0. The average Bonchev–Trinajstić information content (AvgIpc) is 2.53. The van der Waals surface area contributed by atoms with Crippen molar-refractivity contribution in [3.05, 3.63) is 35.9 Å². The molecule has 6 nitrogen and oxygen atoms in total. The minimum Gasteiger partial charge on any atom is -0.468 e. The van der Waals surface area contributed by atoms with Crippen LogP contribution in [0, 0.1) is 11.8 Å². The van der Waals surface area contributed by atoms with Gasteiger partial charge in [-0.25, -0.2) is 0 Å². The molecule has 0 aliphatic rings. The van der Waals surface area contributed by atoms with Crippen LogP contribution in [0.3, 0.4) is 0 Å². The van der Waals surface area contributed by atoms with Crippen LogP contribution in [0.15, 0.2) is 30.3 Å². The van der Waals surface area contributed by atoms with E-state index in [0.29, 0.717) is 6.42 Å². The van der Waals surface area contributed by atoms with Crippen LogP contribution in [-0.2, 0) is 35.0 Å². The van der Waals surface area contributed by atoms with E-state index in [4.69, 9.17) is 14.2 Å². The topological polar surface area (TPSA) is 78.9 Å². The molecule has 6 heteroatoms. The van der Waals surface area contributed by atoms with Crippen molar-refractivity contribution in [2.75, 3.05) is 14.2 Å². The van der Waals surface area contributed by atoms with Crippen LogP contribution in [-0.4, -0.2) is 37.7 Å². The van der Waals surface area contributed by atoms with Gasteiger partial charge in [0, 0.05) is 0 Å². The number of ether oxygens (including phenoxy) is 3. The zero-order valence-corrected chi connectivity index (χ0v) is 15.4. The lowest BCUT2D eigenvalue weighted by Gasteiger charge is -2.25. The second-order valence-corrected chi connectivity index (χ2v) is 6.76. The summed E-state index contributed by atoms with van der Waals surface area (Å²) in [5, 5.41) is 0. The molecule has 0 spiro atoms. The predicted molar refractivity (Wildman–Crippen MR) is 91.6 cm³/mol. The molecular formula is C19H26O6. The Morgan fingerprint density at radius 2 is 1.48 bits per heavy atom. The summed E-state index contributed by atoms with van der Waals surface area (Å²) in [6.07, 6.45) is 0.246. The number of hydrogen-bond acceptors (Lipinski definition) is 6. The number of methoxy groups -OCH3 is 2. The van der Waals surface area contributed by atoms with Gasteiger partial charge in [0.1, 0.15) is 5.60 Å². The highest BCUT2D eigenvalue weighted by Gasteiger charge is 2.38. The highest BCUT2D eigenvalue weighted by molar-refractivity contribution is 5.95. The van der Waals surface area contributed by atoms with Crippen LogP contribution < -0.4 is 0 Å². The van der Waals surface area contributed by atoms with Crippen molar-refractivity contribution in [1.82, 2.24) is 0 Å². The summed E-state index contributed by atoms with van der Waals surface area (Å²) in [7, 11) is 2.40. The largest absolute Gasteiger partial charge is 0.468 e. The first-order valence-electron chi connectivity index (χ1n) is 8.09. The molecule has 0 fully saturated rings. The van der Waals surface area contributed by atoms with Gasteiger partial charge in [-0.15, -0.1) is 0 Å². The Hall–Kier alpha value is -2.37. The first kappa shape index (κ1) is 20.7. The van der Waals surface area contributed by atoms with Crippen LogP contribution in [0.4, 0.5) is 0 Å². The minimum absolute atomic E-state index is 0.0962. The maximum Gasteiger partial charge on any atom is 0.320 e. The molecule has 0 amide bonds. The summed E-state index contributed by atoms with van der Waals surface area (Å²) in [4.78, 5) is 36.5. The Bertz CT molecular complexity index is 572. The summed E-state index contributed by atoms with van der Waals surface area (Å²) in [6, 6.07) is 9.31. The van der Waals surface area contributed by atoms with Crippen LogP contribution in [0.1, 0.15) is 32.8 Å². The fourth-order valence-corrected chi connectivity index (χ4v) is 2.56. The van der Waals surface area contributed by atoms with E-state index in [9.17, 15) is 14.4 Å². The van der Waals surface area contributed by atoms with Crippen molar-refractivity contribution < 1.29 is 28.6 Å². The van der Waals surface area contributed by atoms with Gasteiger partial charge in [0.05, 0.1) is 20.6 Å². The van der Waals surface area contributed by atoms with Crippen molar-refractivity contribution in [2.24, 2.45) is 11.8 Å². The monoisotopic (exact) mass is 350 g/mol. The van der Waals surface area contributed by atoms with Gasteiger partial charge in [0.25, 0.3) is 0 Å². The predicted octanol–water partition coefficient (Wildman–Crippen LogP) is 2.54. The van der Waals surface area contributed by atoms with Crippen LogP contribution in [0.2, 0.25) is 0 Å². The third-order valence-corrected chi connectivity index (χ3v) is 3.57. The maximum absolute atomic E-state index is 12.3. The van der Waals surface area contributed by atoms with Crippen molar-refractivity contribution in [3.63, 3.8) is 0 Å². The van der Waals surface area contributed by atoms with E-state index >= 15 is 0 Å². The molecule has 1 atom stereocenters. The van der Waals surface area contributed by atoms with E-state index in [2.05, 4.69) is 0 Å². The lowest BCUT2D eigenvalue weighted by atomic mass is 9.84. The van der Waals surface area contributed by atoms with Gasteiger partial charge in [0.15, 0.2) is 5.92 Å². The number of carbonyl (C=O) groups is 3. The Kier molecular flexibility index (Phi) is 7.61. The maximum atomic E-state index is 12.3. The summed E-state index contributed by atoms with van der Waals surface area (Å²) < 4.78 is 14.8. The van der Waals surface area contributed by atoms with Gasteiger partial charge in [0.2, 0.25) is 0 Å². The Morgan fingerprint density at radius 3 is 1.92 bits per heavy atom. The molecule has 0 aliphatic carbocycles. The number of rotatable bonds is 7. The van der Waals surface area contributed by atoms with Gasteiger partial charge in [-0.05, 0) is 38.7 Å². The molecule has 1 aromatic carbocycles. The lowest BCUT2D eigenvalue weighted by Crippen LogP contribution is -2.37. The zero-order chi connectivity index (χ0) is 19.0. The van der Waals surface area contributed by atoms with Gasteiger partial charge >= 0.3 is 17.9 Å². The number of benzene rings is 1. The van der Waals surface area contributed by atoms with E-state index in [-0.39, 0.29) is 6.42 Å². The molecule has 0 aliphatic heterocycles. The van der Waals surface area contributed by atoms with Crippen molar-refractivity contribution in [2.45, 2.75) is 39.2 Å². The molecule has 1 aromatic rings. The molecular weight excluding hydrogens is 324 g/mol. The molecule has 0 aromatic heterocycles. The molecule has 0 saturated heterocycles. The standard InChI is InChI=1S/C19H26O6/c1-19(2,3)25-15(20)12-14(11-13-9-7-6-8-10-13)16(17(21)23-4)18(22)24-5/h6-10,14,16H,11-12H2,1-5H3. The van der Waals surface area contributed by atoms with E-state index in [0.717, 1.165) is 5.56 Å². The Morgan fingerprint density at radius 1 is 0.960 bits per heavy atom. The van der Waals surface area contributed by atoms with E-state index < -0.39 is 35.3 Å². The molecule has 0 heterocycles. The second-order valence-electron chi connectivity index (χ2n) is 6.76. The molecule has 0 saturated carbocycles. The first-order valence-corrected chi connectivity index (χ1v) is 8.09. The van der Waals surface area contributed by atoms with Gasteiger partial charge < -0.3 is 14.2 Å². The normalized spacial score (nSPS) is 12.4. The smallest absolute Gasteiger partial charge is 0.320 e. The summed E-state index contributed by atoms with van der Waals surface area (Å²) in [5.41, 5.74) is 0.245. The zero-order valence-electron chi connectivity index (χ0n) is 15.4. The third-order valence-electron chi connectivity index (χ3n) is 3.57. The molecule has 0 N–H and O–H groups in total. The summed E-state index contributed by atoms with van der Waals surface area (Å²) in [5.74, 6) is -3.75. The van der Waals surface area contributed by atoms with E-state index in [1.807, 2.05) is 30.3 Å². The van der Waals surface area contributed by atoms with E-state index in [1.54, 1.807) is 20.8 Å². The van der Waals surface area contributed by atoms with Crippen LogP contribution in [0.5, 0.6) is 0 Å². The SMILES string of the molecule is COC(=O)C(C(=O)OC)C(CC(=O)OC(C)(C)C)Cc1ccccc1. The van der Waals surface area contributed by atoms with Crippen molar-refractivity contribution in [1.29, 1.82) is 0 Å². The molecule has 0 bridgehead atoms. The van der Waals surface area contributed by atoms with Gasteiger partial charge in [-0.3, -0.25) is 14.4 Å². The number of esters is 3. The van der Waals surface area contributed by atoms with E-state index in [1.165, 1.54) is 14.2 Å². The first-order chi connectivity index (χ1) is 11.7. The van der Waals surface area contributed by atoms with Gasteiger partial charge in [-0.1, -0.05) is 30.3 Å². The average molecular weight is 350 g/mol. The fourth-order valence-electron chi connectivity index (χ4n) is 2.56. The van der Waals surface area contributed by atoms with Crippen LogP contribution >= 0.6 is 0 Å². The van der Waals surface area contributed by atoms with Crippen LogP contribution in [0.25, 0.3) is 0 Å². The molecule has 25 heavy (non-hydrogen) atoms. The number of carbonyl (C=O) groups excluding carboxylic acids is 3. The third kappa shape index (κ3) is 6.95. The molecule has 1 unspecified atom stereocenters. The molecule has 0 radical (unpaired) electrons. The lowest BCUT2D eigenvalue weighted by molar-refractivity contribution is -0.164. The summed E-state index contributed by atoms with van der Waals surface area (Å²) in [6.45, 7) is 5.28. The molecule has 138 valence electrons.